The van der Waals surface area contributed by atoms with Crippen molar-refractivity contribution in [1.82, 2.24) is 14.7 Å². The van der Waals surface area contributed by atoms with Crippen molar-refractivity contribution in [3.63, 3.8) is 0 Å². The van der Waals surface area contributed by atoms with E-state index in [1.54, 1.807) is 25.1 Å². The molecule has 1 rings (SSSR count). The minimum Gasteiger partial charge on any atom is -0.383 e. The summed E-state index contributed by atoms with van der Waals surface area (Å²) in [4.78, 5) is 18.2. The molecular formula is C29H46BrN3O. The maximum atomic E-state index is 12.1. The number of rotatable bonds is 9. The van der Waals surface area contributed by atoms with Crippen molar-refractivity contribution in [2.75, 3.05) is 41.3 Å². The topological polar surface area (TPSA) is 26.8 Å². The molecule has 1 aliphatic rings. The van der Waals surface area contributed by atoms with E-state index in [2.05, 4.69) is 73.3 Å². The third kappa shape index (κ3) is 10.9. The first-order chi connectivity index (χ1) is 16.0. The first-order valence-corrected chi connectivity index (χ1v) is 12.8. The third-order valence-electron chi connectivity index (χ3n) is 5.68. The monoisotopic (exact) mass is 531 g/mol. The van der Waals surface area contributed by atoms with Gasteiger partial charge in [-0.15, -0.1) is 0 Å². The van der Waals surface area contributed by atoms with Crippen LogP contribution in [-0.2, 0) is 4.79 Å². The fourth-order valence-corrected chi connectivity index (χ4v) is 3.60. The van der Waals surface area contributed by atoms with Crippen LogP contribution in [0.25, 0.3) is 0 Å². The number of hydrogen-bond donors (Lipinski definition) is 0. The lowest BCUT2D eigenvalue weighted by atomic mass is 9.97. The largest absolute Gasteiger partial charge is 0.383 e. The minimum atomic E-state index is -0.0304. The molecule has 0 bridgehead atoms. The molecule has 1 amide bonds. The molecule has 0 aliphatic carbocycles. The average molecular weight is 533 g/mol. The zero-order valence-corrected chi connectivity index (χ0v) is 24.7. The molecule has 0 aromatic carbocycles. The zero-order valence-electron chi connectivity index (χ0n) is 23.1. The van der Waals surface area contributed by atoms with Gasteiger partial charge >= 0.3 is 0 Å². The average Bonchev–Trinajstić information content (AvgIpc) is 2.83. The van der Waals surface area contributed by atoms with Gasteiger partial charge in [-0.2, -0.15) is 0 Å². The first-order valence-electron chi connectivity index (χ1n) is 12.0. The van der Waals surface area contributed by atoms with Gasteiger partial charge in [-0.25, -0.2) is 0 Å². The van der Waals surface area contributed by atoms with Gasteiger partial charge < -0.3 is 9.80 Å². The molecule has 0 fully saturated rings. The number of carbonyl (C=O) groups excluding carboxylic acids is 1. The van der Waals surface area contributed by atoms with Crippen molar-refractivity contribution >= 4 is 21.8 Å². The Morgan fingerprint density at radius 3 is 2.24 bits per heavy atom. The predicted octanol–water partition coefficient (Wildman–Crippen LogP) is 6.87. The molecule has 0 N–H and O–H groups in total. The van der Waals surface area contributed by atoms with Crippen molar-refractivity contribution in [2.45, 2.75) is 54.0 Å². The lowest BCUT2D eigenvalue weighted by molar-refractivity contribution is -0.124. The zero-order chi connectivity index (χ0) is 26.4. The van der Waals surface area contributed by atoms with E-state index in [9.17, 15) is 4.79 Å². The molecule has 0 radical (unpaired) electrons. The number of amides is 1. The van der Waals surface area contributed by atoms with E-state index >= 15 is 0 Å². The summed E-state index contributed by atoms with van der Waals surface area (Å²) in [5, 5.41) is 0. The van der Waals surface area contributed by atoms with Crippen molar-refractivity contribution in [1.29, 1.82) is 0 Å². The Labute approximate surface area is 217 Å². The second-order valence-corrected chi connectivity index (χ2v) is 9.58. The number of hydrogen-bond acceptors (Lipinski definition) is 3. The van der Waals surface area contributed by atoms with Crippen LogP contribution < -0.4 is 0 Å². The van der Waals surface area contributed by atoms with Gasteiger partial charge in [-0.3, -0.25) is 9.69 Å². The number of likely N-dealkylation sites (N-methyl/N-ethyl adjacent to an activating group) is 1. The van der Waals surface area contributed by atoms with E-state index < -0.39 is 0 Å². The number of halogens is 1. The maximum absolute atomic E-state index is 12.1. The van der Waals surface area contributed by atoms with Gasteiger partial charge in [-0.05, 0) is 69.2 Å². The first kappa shape index (κ1) is 31.9. The van der Waals surface area contributed by atoms with E-state index in [-0.39, 0.29) is 5.91 Å². The third-order valence-corrected chi connectivity index (χ3v) is 6.57. The number of nitrogens with zero attached hydrogens (tertiary/aromatic N) is 3. The summed E-state index contributed by atoms with van der Waals surface area (Å²) >= 11 is 3.67. The molecule has 1 atom stereocenters. The minimum absolute atomic E-state index is 0.0304. The lowest BCUT2D eigenvalue weighted by Crippen LogP contribution is -2.37. The molecule has 4 nitrogen and oxygen atoms in total. The van der Waals surface area contributed by atoms with Gasteiger partial charge in [0, 0.05) is 57.4 Å². The van der Waals surface area contributed by atoms with Gasteiger partial charge in [0.1, 0.15) is 0 Å². The number of allylic oxidation sites excluding steroid dienone is 7. The van der Waals surface area contributed by atoms with Gasteiger partial charge in [0.2, 0.25) is 0 Å². The molecule has 5 heteroatoms. The van der Waals surface area contributed by atoms with E-state index in [1.807, 2.05) is 51.2 Å². The van der Waals surface area contributed by atoms with Crippen LogP contribution >= 0.6 is 15.9 Å². The fraction of sp³-hybridized carbons (Fsp3) is 0.483. The summed E-state index contributed by atoms with van der Waals surface area (Å²) in [6.07, 6.45) is 15.2. The van der Waals surface area contributed by atoms with Crippen LogP contribution in [-0.4, -0.2) is 67.9 Å². The van der Waals surface area contributed by atoms with Crippen LogP contribution in [0.3, 0.4) is 0 Å². The molecule has 34 heavy (non-hydrogen) atoms. The Bertz CT molecular complexity index is 870. The Hall–Kier alpha value is -2.11. The van der Waals surface area contributed by atoms with Gasteiger partial charge in [0.05, 0.1) is 0 Å². The molecule has 0 saturated carbocycles. The normalized spacial score (nSPS) is 17.4. The van der Waals surface area contributed by atoms with E-state index in [4.69, 9.17) is 0 Å². The van der Waals surface area contributed by atoms with Crippen LogP contribution in [0.1, 0.15) is 48.0 Å². The second kappa shape index (κ2) is 16.5. The van der Waals surface area contributed by atoms with Crippen LogP contribution in [0.5, 0.6) is 0 Å². The molecule has 0 aromatic heterocycles. The van der Waals surface area contributed by atoms with E-state index in [0.29, 0.717) is 11.6 Å². The highest BCUT2D eigenvalue weighted by molar-refractivity contribution is 9.11. The van der Waals surface area contributed by atoms with Gasteiger partial charge in [0.25, 0.3) is 5.91 Å². The standard InChI is InChI=1S/C27H40BrN3O.C2H6/c1-10-24(27(32)30(8)9)12-11-20(2)25-13-17-31(18-14-25)23(5)21(3)19-22(4)26(28)15-16-29(6)7;1-2/h10-13,15-16,19,23H,1,14,17-18H2,2-9H3;1-2H3/b16-15-,20-11+,21-19+,24-12+,26-22-;. The molecular weight excluding hydrogens is 486 g/mol. The van der Waals surface area contributed by atoms with Crippen molar-refractivity contribution in [3.05, 3.63) is 81.6 Å². The highest BCUT2D eigenvalue weighted by atomic mass is 79.9. The summed E-state index contributed by atoms with van der Waals surface area (Å²) in [6.45, 7) is 18.4. The lowest BCUT2D eigenvalue weighted by Gasteiger charge is -2.33. The Kier molecular flexibility index (Phi) is 15.5. The Balaban J connectivity index is 0.00000529. The summed E-state index contributed by atoms with van der Waals surface area (Å²) in [5.74, 6) is -0.0304. The van der Waals surface area contributed by atoms with E-state index in [1.165, 1.54) is 22.3 Å². The molecule has 0 aromatic rings. The predicted molar refractivity (Wildman–Crippen MR) is 154 cm³/mol. The molecule has 0 saturated heterocycles. The molecule has 1 aliphatic heterocycles. The van der Waals surface area contributed by atoms with Gasteiger partial charge in [-0.1, -0.05) is 66.2 Å². The fourth-order valence-electron chi connectivity index (χ4n) is 3.37. The van der Waals surface area contributed by atoms with Crippen molar-refractivity contribution in [2.24, 2.45) is 0 Å². The second-order valence-electron chi connectivity index (χ2n) is 8.72. The highest BCUT2D eigenvalue weighted by Crippen LogP contribution is 2.24. The molecule has 1 heterocycles. The summed E-state index contributed by atoms with van der Waals surface area (Å²) in [6, 6.07) is 0.371. The van der Waals surface area contributed by atoms with Crippen LogP contribution in [0.2, 0.25) is 0 Å². The molecule has 0 spiro atoms. The van der Waals surface area contributed by atoms with Crippen molar-refractivity contribution in [3.8, 4) is 0 Å². The molecule has 190 valence electrons. The Morgan fingerprint density at radius 2 is 1.76 bits per heavy atom. The van der Waals surface area contributed by atoms with Gasteiger partial charge in [0.15, 0.2) is 0 Å². The smallest absolute Gasteiger partial charge is 0.253 e. The van der Waals surface area contributed by atoms with Crippen molar-refractivity contribution < 1.29 is 4.79 Å². The summed E-state index contributed by atoms with van der Waals surface area (Å²) < 4.78 is 1.10. The SMILES string of the molecule is C=C/C(=C\C=C(/C)C1=CCN(C(C)/C(C)=C/C(C)=C(Br)/C=C\N(C)C)CC1)C(=O)N(C)C.CC. The Morgan fingerprint density at radius 1 is 1.15 bits per heavy atom. The number of carbonyl (C=O) groups is 1. The van der Waals surface area contributed by atoms with Crippen LogP contribution in [0.15, 0.2) is 81.6 Å². The summed E-state index contributed by atoms with van der Waals surface area (Å²) in [5.41, 5.74) is 5.72. The quantitative estimate of drug-likeness (QED) is 0.240. The maximum Gasteiger partial charge on any atom is 0.253 e. The highest BCUT2D eigenvalue weighted by Gasteiger charge is 2.19. The molecule has 1 unspecified atom stereocenters. The van der Waals surface area contributed by atoms with E-state index in [0.717, 1.165) is 24.0 Å². The van der Waals surface area contributed by atoms with Crippen LogP contribution in [0, 0.1) is 0 Å². The van der Waals surface area contributed by atoms with Crippen LogP contribution in [0.4, 0.5) is 0 Å². The summed E-state index contributed by atoms with van der Waals surface area (Å²) in [7, 11) is 7.54.